The largest absolute Gasteiger partial charge is 0.481 e. The smallest absolute Gasteiger partial charge is 0.306 e. The molecule has 0 atom stereocenters. The zero-order chi connectivity index (χ0) is 16.2. The number of rotatable bonds is 6. The van der Waals surface area contributed by atoms with Crippen LogP contribution in [0.25, 0.3) is 0 Å². The number of hydrogen-bond donors (Lipinski definition) is 1. The van der Waals surface area contributed by atoms with Gasteiger partial charge in [-0.2, -0.15) is 0 Å². The number of carboxylic acid groups (broad SMARTS) is 1. The average Bonchev–Trinajstić information content (AvgIpc) is 2.48. The Labute approximate surface area is 132 Å². The van der Waals surface area contributed by atoms with Crippen LogP contribution in [0.15, 0.2) is 0 Å². The zero-order valence-electron chi connectivity index (χ0n) is 13.7. The Hall–Kier alpha value is -0.670. The van der Waals surface area contributed by atoms with E-state index in [-0.39, 0.29) is 17.8 Å². The fourth-order valence-corrected chi connectivity index (χ4v) is 5.00. The molecule has 128 valence electrons. The molecule has 2 aliphatic carbocycles. The van der Waals surface area contributed by atoms with Crippen molar-refractivity contribution >= 4 is 5.97 Å². The quantitative estimate of drug-likeness (QED) is 0.701. The second-order valence-corrected chi connectivity index (χ2v) is 7.58. The highest BCUT2D eigenvalue weighted by atomic mass is 19.3. The van der Waals surface area contributed by atoms with E-state index < -0.39 is 12.4 Å². The van der Waals surface area contributed by atoms with Crippen LogP contribution >= 0.6 is 0 Å². The molecule has 0 spiro atoms. The lowest BCUT2D eigenvalue weighted by atomic mass is 9.57. The lowest BCUT2D eigenvalue weighted by Gasteiger charge is -2.47. The molecule has 2 fully saturated rings. The van der Waals surface area contributed by atoms with Gasteiger partial charge in [0.25, 0.3) is 0 Å². The highest BCUT2D eigenvalue weighted by molar-refractivity contribution is 5.70. The molecule has 0 amide bonds. The normalized spacial score (nSPS) is 36.5. The molecule has 0 bridgehead atoms. The van der Waals surface area contributed by atoms with Crippen molar-refractivity contribution in [3.8, 4) is 0 Å². The highest BCUT2D eigenvalue weighted by Crippen LogP contribution is 2.53. The van der Waals surface area contributed by atoms with Gasteiger partial charge in [0.05, 0.1) is 5.92 Å². The van der Waals surface area contributed by atoms with Gasteiger partial charge in [0, 0.05) is 6.42 Å². The average molecular weight is 316 g/mol. The monoisotopic (exact) mass is 316 g/mol. The fourth-order valence-electron chi connectivity index (χ4n) is 5.00. The molecule has 0 aromatic carbocycles. The van der Waals surface area contributed by atoms with Crippen LogP contribution in [0.4, 0.5) is 8.78 Å². The number of aliphatic carboxylic acids is 1. The van der Waals surface area contributed by atoms with Crippen molar-refractivity contribution in [3.63, 3.8) is 0 Å². The Morgan fingerprint density at radius 1 is 1.14 bits per heavy atom. The molecule has 2 aliphatic rings. The first-order chi connectivity index (χ1) is 10.5. The van der Waals surface area contributed by atoms with E-state index in [1.807, 2.05) is 0 Å². The van der Waals surface area contributed by atoms with Gasteiger partial charge in [0.2, 0.25) is 6.43 Å². The second kappa shape index (κ2) is 7.74. The summed E-state index contributed by atoms with van der Waals surface area (Å²) in [7, 11) is 0. The van der Waals surface area contributed by atoms with Crippen molar-refractivity contribution in [3.05, 3.63) is 0 Å². The van der Waals surface area contributed by atoms with Gasteiger partial charge in [-0.25, -0.2) is 8.78 Å². The van der Waals surface area contributed by atoms with Gasteiger partial charge in [0.15, 0.2) is 0 Å². The van der Waals surface area contributed by atoms with Crippen molar-refractivity contribution in [2.24, 2.45) is 23.2 Å². The molecule has 22 heavy (non-hydrogen) atoms. The molecule has 0 aromatic rings. The van der Waals surface area contributed by atoms with Crippen molar-refractivity contribution in [1.29, 1.82) is 0 Å². The van der Waals surface area contributed by atoms with Gasteiger partial charge in [-0.3, -0.25) is 4.79 Å². The van der Waals surface area contributed by atoms with E-state index in [4.69, 9.17) is 5.11 Å². The topological polar surface area (TPSA) is 37.3 Å². The predicted octanol–water partition coefficient (Wildman–Crippen LogP) is 5.51. The number of halogens is 2. The summed E-state index contributed by atoms with van der Waals surface area (Å²) in [5.41, 5.74) is -0.294. The van der Waals surface area contributed by atoms with E-state index in [0.29, 0.717) is 31.6 Å². The molecule has 2 nitrogen and oxygen atoms in total. The molecular weight excluding hydrogens is 286 g/mol. The van der Waals surface area contributed by atoms with Crippen LogP contribution in [-0.4, -0.2) is 17.5 Å². The second-order valence-electron chi connectivity index (χ2n) is 7.58. The molecule has 2 rings (SSSR count). The maximum atomic E-state index is 13.2. The van der Waals surface area contributed by atoms with E-state index >= 15 is 0 Å². The van der Waals surface area contributed by atoms with Crippen LogP contribution in [0.3, 0.4) is 0 Å². The van der Waals surface area contributed by atoms with Crippen molar-refractivity contribution in [2.45, 2.75) is 84.0 Å². The van der Waals surface area contributed by atoms with Gasteiger partial charge in [0.1, 0.15) is 0 Å². The van der Waals surface area contributed by atoms with E-state index in [1.54, 1.807) is 0 Å². The number of carboxylic acids is 1. The summed E-state index contributed by atoms with van der Waals surface area (Å²) in [5.74, 6) is 0.0871. The molecule has 0 radical (unpaired) electrons. The standard InChI is InChI=1S/C18H30F2O2/c1-2-3-13-4-6-15(7-5-13)18(12-16(19)20)10-8-14(9-11-18)17(21)22/h13-16H,2-12H2,1H3,(H,21,22)/t13?,14-,15?,18-. The molecule has 0 heterocycles. The number of hydrogen-bond acceptors (Lipinski definition) is 1. The van der Waals surface area contributed by atoms with Gasteiger partial charge in [-0.15, -0.1) is 0 Å². The molecule has 1 N–H and O–H groups in total. The summed E-state index contributed by atoms with van der Waals surface area (Å²) in [6.07, 6.45) is 7.16. The molecular formula is C18H30F2O2. The van der Waals surface area contributed by atoms with E-state index in [1.165, 1.54) is 25.7 Å². The predicted molar refractivity (Wildman–Crippen MR) is 83.0 cm³/mol. The summed E-state index contributed by atoms with van der Waals surface area (Å²) >= 11 is 0. The van der Waals surface area contributed by atoms with Crippen LogP contribution in [0.1, 0.15) is 77.6 Å². The molecule has 0 unspecified atom stereocenters. The van der Waals surface area contributed by atoms with Crippen molar-refractivity contribution in [1.82, 2.24) is 0 Å². The van der Waals surface area contributed by atoms with Gasteiger partial charge in [-0.05, 0) is 55.8 Å². The minimum absolute atomic E-state index is 0.0253. The Morgan fingerprint density at radius 3 is 2.18 bits per heavy atom. The third kappa shape index (κ3) is 4.20. The van der Waals surface area contributed by atoms with Crippen LogP contribution in [0, 0.1) is 23.2 Å². The third-order valence-electron chi connectivity index (χ3n) is 6.30. The SMILES string of the molecule is CCCC1CCC([C@]2(CC(F)F)CC[C@@H](C(=O)O)CC2)CC1. The van der Waals surface area contributed by atoms with Gasteiger partial charge < -0.3 is 5.11 Å². The van der Waals surface area contributed by atoms with Gasteiger partial charge >= 0.3 is 5.97 Å². The highest BCUT2D eigenvalue weighted by Gasteiger charge is 2.45. The van der Waals surface area contributed by atoms with Crippen molar-refractivity contribution in [2.75, 3.05) is 0 Å². The summed E-state index contributed by atoms with van der Waals surface area (Å²) in [5, 5.41) is 9.15. The van der Waals surface area contributed by atoms with Crippen LogP contribution in [-0.2, 0) is 4.79 Å². The first-order valence-electron chi connectivity index (χ1n) is 8.98. The fraction of sp³-hybridized carbons (Fsp3) is 0.944. The minimum Gasteiger partial charge on any atom is -0.481 e. The molecule has 2 saturated carbocycles. The molecule has 0 aliphatic heterocycles. The van der Waals surface area contributed by atoms with E-state index in [9.17, 15) is 13.6 Å². The minimum atomic E-state index is -2.27. The van der Waals surface area contributed by atoms with Crippen molar-refractivity contribution < 1.29 is 18.7 Å². The maximum Gasteiger partial charge on any atom is 0.306 e. The van der Waals surface area contributed by atoms with Crippen LogP contribution < -0.4 is 0 Å². The lowest BCUT2D eigenvalue weighted by Crippen LogP contribution is -2.40. The summed E-state index contributed by atoms with van der Waals surface area (Å²) in [6, 6.07) is 0. The number of carbonyl (C=O) groups is 1. The van der Waals surface area contributed by atoms with Gasteiger partial charge in [-0.1, -0.05) is 32.6 Å². The maximum absolute atomic E-state index is 13.2. The summed E-state index contributed by atoms with van der Waals surface area (Å²) in [6.45, 7) is 2.21. The van der Waals surface area contributed by atoms with E-state index in [0.717, 1.165) is 18.8 Å². The Kier molecular flexibility index (Phi) is 6.22. The summed E-state index contributed by atoms with van der Waals surface area (Å²) in [4.78, 5) is 11.1. The first-order valence-corrected chi connectivity index (χ1v) is 8.98. The molecule has 0 saturated heterocycles. The zero-order valence-corrected chi connectivity index (χ0v) is 13.7. The van der Waals surface area contributed by atoms with E-state index in [2.05, 4.69) is 6.92 Å². The Balaban J connectivity index is 2.00. The summed E-state index contributed by atoms with van der Waals surface area (Å²) < 4.78 is 26.3. The Morgan fingerprint density at radius 2 is 1.73 bits per heavy atom. The van der Waals surface area contributed by atoms with Crippen LogP contribution in [0.5, 0.6) is 0 Å². The number of alkyl halides is 2. The lowest BCUT2D eigenvalue weighted by molar-refractivity contribution is -0.144. The Bertz CT molecular complexity index is 354. The molecule has 4 heteroatoms. The third-order valence-corrected chi connectivity index (χ3v) is 6.30. The first kappa shape index (κ1) is 17.7. The molecule has 0 aromatic heterocycles. The van der Waals surface area contributed by atoms with Crippen LogP contribution in [0.2, 0.25) is 0 Å².